The number of piperidine rings is 1. The number of likely N-dealkylation sites (N-methyl/N-ethyl adjacent to an activating group) is 1. The first kappa shape index (κ1) is 17.8. The van der Waals surface area contributed by atoms with Crippen LogP contribution in [0.2, 0.25) is 0 Å². The number of benzene rings is 1. The summed E-state index contributed by atoms with van der Waals surface area (Å²) in [7, 11) is 0. The summed E-state index contributed by atoms with van der Waals surface area (Å²) in [6, 6.07) is 9.01. The second kappa shape index (κ2) is 8.38. The van der Waals surface area contributed by atoms with E-state index in [0.29, 0.717) is 13.1 Å². The van der Waals surface area contributed by atoms with Gasteiger partial charge in [-0.2, -0.15) is 0 Å². The third-order valence-corrected chi connectivity index (χ3v) is 4.22. The van der Waals surface area contributed by atoms with Crippen molar-refractivity contribution in [2.75, 3.05) is 19.6 Å². The van der Waals surface area contributed by atoms with Crippen LogP contribution in [0.15, 0.2) is 30.3 Å². The molecule has 1 saturated heterocycles. The molecule has 1 aromatic rings. The van der Waals surface area contributed by atoms with Crippen LogP contribution in [0.4, 0.5) is 4.39 Å². The zero-order valence-corrected chi connectivity index (χ0v) is 13.4. The normalized spacial score (nSPS) is 28.5. The molecule has 0 aliphatic carbocycles. The number of hydrogen-bond acceptors (Lipinski definition) is 4. The molecule has 0 radical (unpaired) electrons. The van der Waals surface area contributed by atoms with Crippen LogP contribution in [-0.2, 0) is 11.2 Å². The summed E-state index contributed by atoms with van der Waals surface area (Å²) in [5.41, 5.74) is 1.18. The van der Waals surface area contributed by atoms with E-state index in [0.717, 1.165) is 12.8 Å². The van der Waals surface area contributed by atoms with Crippen molar-refractivity contribution < 1.29 is 19.4 Å². The minimum atomic E-state index is -1.55. The van der Waals surface area contributed by atoms with Gasteiger partial charge < -0.3 is 15.5 Å². The molecule has 23 heavy (non-hydrogen) atoms. The van der Waals surface area contributed by atoms with Crippen LogP contribution in [0.5, 0.6) is 0 Å². The lowest BCUT2D eigenvalue weighted by Gasteiger charge is -2.42. The fraction of sp³-hybridized carbons (Fsp3) is 0.588. The quantitative estimate of drug-likeness (QED) is 0.712. The Labute approximate surface area is 136 Å². The maximum atomic E-state index is 13.9. The Morgan fingerprint density at radius 2 is 2.00 bits per heavy atom. The van der Waals surface area contributed by atoms with E-state index in [9.17, 15) is 19.4 Å². The van der Waals surface area contributed by atoms with Crippen molar-refractivity contribution in [3.05, 3.63) is 35.9 Å². The third-order valence-electron chi connectivity index (χ3n) is 4.22. The highest BCUT2D eigenvalue weighted by Gasteiger charge is 2.45. The Bertz CT molecular complexity index is 500. The molecule has 1 fully saturated rings. The maximum Gasteiger partial charge on any atom is 0.240 e. The molecular formula is C17H25FN2O3. The Morgan fingerprint density at radius 1 is 1.30 bits per heavy atom. The van der Waals surface area contributed by atoms with E-state index in [1.165, 1.54) is 5.56 Å². The number of alkyl halides is 1. The fourth-order valence-corrected chi connectivity index (χ4v) is 3.02. The van der Waals surface area contributed by atoms with Gasteiger partial charge in [0.05, 0.1) is 0 Å². The summed E-state index contributed by atoms with van der Waals surface area (Å²) in [5, 5.41) is 22.5. The Morgan fingerprint density at radius 3 is 2.65 bits per heavy atom. The molecule has 5 nitrogen and oxygen atoms in total. The first-order valence-corrected chi connectivity index (χ1v) is 8.10. The number of carbonyl (C=O) groups excluding carboxylic acids is 1. The van der Waals surface area contributed by atoms with Crippen molar-refractivity contribution in [2.45, 2.75) is 44.2 Å². The molecule has 6 heteroatoms. The number of amides is 1. The van der Waals surface area contributed by atoms with Crippen LogP contribution < -0.4 is 5.32 Å². The smallest absolute Gasteiger partial charge is 0.240 e. The number of likely N-dealkylation sites (tertiary alicyclic amines) is 1. The van der Waals surface area contributed by atoms with Crippen molar-refractivity contribution in [2.24, 2.45) is 0 Å². The van der Waals surface area contributed by atoms with Gasteiger partial charge in [-0.3, -0.25) is 9.69 Å². The molecule has 1 aliphatic rings. The zero-order chi connectivity index (χ0) is 16.8. The van der Waals surface area contributed by atoms with Crippen molar-refractivity contribution in [3.8, 4) is 0 Å². The van der Waals surface area contributed by atoms with Gasteiger partial charge in [0.15, 0.2) is 0 Å². The molecule has 4 atom stereocenters. The van der Waals surface area contributed by atoms with E-state index < -0.39 is 24.4 Å². The van der Waals surface area contributed by atoms with E-state index >= 15 is 0 Å². The summed E-state index contributed by atoms with van der Waals surface area (Å²) in [5.74, 6) is -0.370. The largest absolute Gasteiger partial charge is 0.388 e. The van der Waals surface area contributed by atoms with E-state index in [4.69, 9.17) is 0 Å². The molecule has 1 aliphatic heterocycles. The third kappa shape index (κ3) is 4.50. The average Bonchev–Trinajstić information content (AvgIpc) is 2.54. The summed E-state index contributed by atoms with van der Waals surface area (Å²) in [6.07, 6.45) is -2.92. The molecule has 128 valence electrons. The van der Waals surface area contributed by atoms with Crippen LogP contribution >= 0.6 is 0 Å². The van der Waals surface area contributed by atoms with Gasteiger partial charge in [0.2, 0.25) is 5.91 Å². The number of aliphatic hydroxyl groups is 2. The van der Waals surface area contributed by atoms with Gasteiger partial charge in [0, 0.05) is 13.1 Å². The maximum absolute atomic E-state index is 13.9. The number of aliphatic hydroxyl groups excluding tert-OH is 2. The van der Waals surface area contributed by atoms with Crippen LogP contribution in [-0.4, -0.2) is 65.1 Å². The Hall–Kier alpha value is -1.50. The number of nitrogens with zero attached hydrogens (tertiary/aromatic N) is 1. The summed E-state index contributed by atoms with van der Waals surface area (Å²) in [4.78, 5) is 13.8. The van der Waals surface area contributed by atoms with Gasteiger partial charge in [-0.05, 0) is 31.9 Å². The summed E-state index contributed by atoms with van der Waals surface area (Å²) in [6.45, 7) is 2.64. The highest BCUT2D eigenvalue weighted by atomic mass is 19.1. The molecule has 1 aromatic carbocycles. The Kier molecular flexibility index (Phi) is 6.50. The van der Waals surface area contributed by atoms with Crippen molar-refractivity contribution in [3.63, 3.8) is 0 Å². The molecule has 0 unspecified atom stereocenters. The van der Waals surface area contributed by atoms with Crippen LogP contribution in [0.3, 0.4) is 0 Å². The zero-order valence-electron chi connectivity index (χ0n) is 13.4. The monoisotopic (exact) mass is 324 g/mol. The molecular weight excluding hydrogens is 299 g/mol. The van der Waals surface area contributed by atoms with Crippen molar-refractivity contribution >= 4 is 5.91 Å². The predicted molar refractivity (Wildman–Crippen MR) is 85.7 cm³/mol. The lowest BCUT2D eigenvalue weighted by Crippen LogP contribution is -2.64. The fourth-order valence-electron chi connectivity index (χ4n) is 3.02. The van der Waals surface area contributed by atoms with Gasteiger partial charge in [0.25, 0.3) is 0 Å². The topological polar surface area (TPSA) is 72.8 Å². The van der Waals surface area contributed by atoms with Gasteiger partial charge in [-0.1, -0.05) is 30.3 Å². The molecule has 0 saturated carbocycles. The van der Waals surface area contributed by atoms with Gasteiger partial charge >= 0.3 is 0 Å². The number of halogens is 1. The highest BCUT2D eigenvalue weighted by molar-refractivity contribution is 5.82. The number of hydrogen-bond donors (Lipinski definition) is 3. The summed E-state index contributed by atoms with van der Waals surface area (Å²) >= 11 is 0. The van der Waals surface area contributed by atoms with Gasteiger partial charge in [-0.25, -0.2) is 4.39 Å². The number of rotatable bonds is 6. The predicted octanol–water partition coefficient (Wildman–Crippen LogP) is 0.499. The Balaban J connectivity index is 1.99. The second-order valence-corrected chi connectivity index (χ2v) is 5.92. The minimum Gasteiger partial charge on any atom is -0.388 e. The van der Waals surface area contributed by atoms with Crippen LogP contribution in [0.1, 0.15) is 18.9 Å². The van der Waals surface area contributed by atoms with Gasteiger partial charge in [-0.15, -0.1) is 0 Å². The molecule has 1 heterocycles. The second-order valence-electron chi connectivity index (χ2n) is 5.92. The summed E-state index contributed by atoms with van der Waals surface area (Å²) < 4.78 is 13.9. The van der Waals surface area contributed by atoms with E-state index in [1.807, 2.05) is 30.3 Å². The lowest BCUT2D eigenvalue weighted by molar-refractivity contribution is -0.149. The molecule has 1 amide bonds. The molecule has 3 N–H and O–H groups in total. The molecule has 0 bridgehead atoms. The van der Waals surface area contributed by atoms with Crippen molar-refractivity contribution in [1.29, 1.82) is 0 Å². The highest BCUT2D eigenvalue weighted by Crippen LogP contribution is 2.22. The number of carbonyl (C=O) groups is 1. The van der Waals surface area contributed by atoms with Crippen molar-refractivity contribution in [1.82, 2.24) is 10.2 Å². The molecule has 2 rings (SSSR count). The van der Waals surface area contributed by atoms with Crippen LogP contribution in [0.25, 0.3) is 0 Å². The van der Waals surface area contributed by atoms with E-state index in [2.05, 4.69) is 5.32 Å². The molecule has 0 aromatic heterocycles. The first-order valence-electron chi connectivity index (χ1n) is 8.10. The average molecular weight is 324 g/mol. The van der Waals surface area contributed by atoms with Gasteiger partial charge in [0.1, 0.15) is 24.4 Å². The first-order chi connectivity index (χ1) is 11.0. The number of aryl methyl sites for hydroxylation is 1. The molecule has 0 spiro atoms. The minimum absolute atomic E-state index is 0.0468. The van der Waals surface area contributed by atoms with Crippen LogP contribution in [0, 0.1) is 0 Å². The van der Waals surface area contributed by atoms with E-state index in [1.54, 1.807) is 11.8 Å². The number of nitrogens with one attached hydrogen (secondary N) is 1. The van der Waals surface area contributed by atoms with E-state index in [-0.39, 0.29) is 12.5 Å². The standard InChI is InChI=1S/C17H25FN2O3/c1-2-19-17(23)14-16(22)15(21)13(18)11-20(14)10-6-9-12-7-4-3-5-8-12/h3-5,7-8,13-16,21-22H,2,6,9-11H2,1H3,(H,19,23)/t13-,14-,15-,16+/m0/s1. The SMILES string of the molecule is CCNC(=O)[C@@H]1[C@@H](O)[C@@H](O)[C@@H](F)CN1CCCc1ccccc1. The lowest BCUT2D eigenvalue weighted by atomic mass is 9.93.